The Labute approximate surface area is 137 Å². The molecule has 2 nitrogen and oxygen atoms in total. The van der Waals surface area contributed by atoms with E-state index in [1.165, 1.54) is 11.1 Å². The van der Waals surface area contributed by atoms with Crippen LogP contribution in [0.1, 0.15) is 37.8 Å². The van der Waals surface area contributed by atoms with Crippen molar-refractivity contribution in [1.29, 1.82) is 0 Å². The quantitative estimate of drug-likeness (QED) is 0.806. The smallest absolute Gasteiger partial charge is 0.237 e. The number of anilines is 1. The minimum Gasteiger partial charge on any atom is -0.325 e. The highest BCUT2D eigenvalue weighted by Gasteiger charge is 2.13. The first kappa shape index (κ1) is 16.6. The molecule has 0 bridgehead atoms. The molecule has 2 rings (SSSR count). The van der Waals surface area contributed by atoms with Crippen molar-refractivity contribution in [2.45, 2.75) is 37.7 Å². The average Bonchev–Trinajstić information content (AvgIpc) is 2.54. The van der Waals surface area contributed by atoms with Crippen molar-refractivity contribution in [3.8, 4) is 0 Å². The van der Waals surface area contributed by atoms with Crippen LogP contribution in [0, 0.1) is 0 Å². The van der Waals surface area contributed by atoms with E-state index in [9.17, 15) is 4.79 Å². The molecular weight excluding hydrogens is 290 g/mol. The summed E-state index contributed by atoms with van der Waals surface area (Å²) in [5.74, 6) is 1.41. The van der Waals surface area contributed by atoms with E-state index in [1.807, 2.05) is 37.3 Å². The van der Waals surface area contributed by atoms with Gasteiger partial charge < -0.3 is 5.32 Å². The van der Waals surface area contributed by atoms with Crippen molar-refractivity contribution >= 4 is 23.4 Å². The summed E-state index contributed by atoms with van der Waals surface area (Å²) in [4.78, 5) is 12.2. The monoisotopic (exact) mass is 313 g/mol. The van der Waals surface area contributed by atoms with Gasteiger partial charge in [-0.15, -0.1) is 11.8 Å². The Hall–Kier alpha value is -1.74. The second-order valence-electron chi connectivity index (χ2n) is 5.70. The van der Waals surface area contributed by atoms with Gasteiger partial charge in [-0.2, -0.15) is 0 Å². The summed E-state index contributed by atoms with van der Waals surface area (Å²) >= 11 is 1.65. The molecule has 1 atom stereocenters. The molecule has 116 valence electrons. The number of amides is 1. The third-order valence-corrected chi connectivity index (χ3v) is 4.77. The Morgan fingerprint density at radius 2 is 1.64 bits per heavy atom. The van der Waals surface area contributed by atoms with Gasteiger partial charge in [-0.3, -0.25) is 4.79 Å². The molecule has 2 aromatic rings. The molecule has 22 heavy (non-hydrogen) atoms. The lowest BCUT2D eigenvalue weighted by Gasteiger charge is -2.13. The topological polar surface area (TPSA) is 29.1 Å². The minimum absolute atomic E-state index is 0.0539. The molecule has 1 unspecified atom stereocenters. The van der Waals surface area contributed by atoms with Crippen molar-refractivity contribution < 1.29 is 4.79 Å². The van der Waals surface area contributed by atoms with E-state index in [0.717, 1.165) is 11.4 Å². The lowest BCUT2D eigenvalue weighted by atomic mass is 10.0. The number of carbonyl (C=O) groups excluding carboxylic acids is 1. The number of rotatable bonds is 6. The summed E-state index contributed by atoms with van der Waals surface area (Å²) in [7, 11) is 0. The largest absolute Gasteiger partial charge is 0.325 e. The maximum absolute atomic E-state index is 12.2. The van der Waals surface area contributed by atoms with E-state index in [1.54, 1.807) is 11.8 Å². The summed E-state index contributed by atoms with van der Waals surface area (Å²) < 4.78 is 0. The van der Waals surface area contributed by atoms with Crippen LogP contribution in [-0.2, 0) is 10.5 Å². The SMILES string of the molecule is CC(SCc1ccccc1)C(=O)Nc1ccc(C(C)C)cc1. The van der Waals surface area contributed by atoms with Crippen LogP contribution >= 0.6 is 11.8 Å². The first-order chi connectivity index (χ1) is 10.6. The van der Waals surface area contributed by atoms with Crippen LogP contribution in [0.3, 0.4) is 0 Å². The Morgan fingerprint density at radius 1 is 1.00 bits per heavy atom. The zero-order valence-electron chi connectivity index (χ0n) is 13.4. The number of benzene rings is 2. The van der Waals surface area contributed by atoms with Gasteiger partial charge in [0.1, 0.15) is 0 Å². The summed E-state index contributed by atoms with van der Waals surface area (Å²) in [6.45, 7) is 6.27. The predicted octanol–water partition coefficient (Wildman–Crippen LogP) is 5.07. The van der Waals surface area contributed by atoms with Crippen LogP contribution in [0.5, 0.6) is 0 Å². The fraction of sp³-hybridized carbons (Fsp3) is 0.316. The Morgan fingerprint density at radius 3 is 2.23 bits per heavy atom. The summed E-state index contributed by atoms with van der Waals surface area (Å²) in [6, 6.07) is 18.3. The molecule has 0 aromatic heterocycles. The van der Waals surface area contributed by atoms with Gasteiger partial charge in [-0.1, -0.05) is 56.3 Å². The van der Waals surface area contributed by atoms with Gasteiger partial charge in [0.05, 0.1) is 5.25 Å². The van der Waals surface area contributed by atoms with Gasteiger partial charge in [0.2, 0.25) is 5.91 Å². The van der Waals surface area contributed by atoms with Crippen molar-refractivity contribution in [3.05, 3.63) is 65.7 Å². The van der Waals surface area contributed by atoms with Crippen molar-refractivity contribution in [3.63, 3.8) is 0 Å². The van der Waals surface area contributed by atoms with Crippen LogP contribution in [0.15, 0.2) is 54.6 Å². The Bertz CT molecular complexity index is 593. The Kier molecular flexibility index (Phi) is 6.08. The van der Waals surface area contributed by atoms with Gasteiger partial charge >= 0.3 is 0 Å². The normalized spacial score (nSPS) is 12.2. The number of hydrogen-bond acceptors (Lipinski definition) is 2. The van der Waals surface area contributed by atoms with E-state index in [0.29, 0.717) is 5.92 Å². The van der Waals surface area contributed by atoms with Gasteiger partial charge in [0, 0.05) is 11.4 Å². The lowest BCUT2D eigenvalue weighted by Crippen LogP contribution is -2.22. The number of thioether (sulfide) groups is 1. The zero-order chi connectivity index (χ0) is 15.9. The number of carbonyl (C=O) groups is 1. The van der Waals surface area contributed by atoms with Crippen LogP contribution in [-0.4, -0.2) is 11.2 Å². The minimum atomic E-state index is -0.0787. The molecule has 0 spiro atoms. The van der Waals surface area contributed by atoms with Gasteiger partial charge in [0.25, 0.3) is 0 Å². The highest BCUT2D eigenvalue weighted by Crippen LogP contribution is 2.20. The molecule has 0 aliphatic rings. The molecule has 0 radical (unpaired) electrons. The molecule has 3 heteroatoms. The van der Waals surface area contributed by atoms with Crippen LogP contribution in [0.4, 0.5) is 5.69 Å². The van der Waals surface area contributed by atoms with Crippen molar-refractivity contribution in [2.24, 2.45) is 0 Å². The van der Waals surface area contributed by atoms with Gasteiger partial charge in [-0.25, -0.2) is 0 Å². The first-order valence-corrected chi connectivity index (χ1v) is 8.67. The fourth-order valence-corrected chi connectivity index (χ4v) is 2.91. The molecule has 0 saturated carbocycles. The summed E-state index contributed by atoms with van der Waals surface area (Å²) in [6.07, 6.45) is 0. The third kappa shape index (κ3) is 4.92. The highest BCUT2D eigenvalue weighted by molar-refractivity contribution is 7.99. The van der Waals surface area contributed by atoms with Crippen LogP contribution < -0.4 is 5.32 Å². The van der Waals surface area contributed by atoms with Crippen LogP contribution in [0.25, 0.3) is 0 Å². The molecule has 1 amide bonds. The Balaban J connectivity index is 1.85. The van der Waals surface area contributed by atoms with E-state index in [4.69, 9.17) is 0 Å². The molecule has 0 fully saturated rings. The molecule has 0 heterocycles. The second kappa shape index (κ2) is 8.04. The fourth-order valence-electron chi connectivity index (χ4n) is 2.07. The number of nitrogens with one attached hydrogen (secondary N) is 1. The number of hydrogen-bond donors (Lipinski definition) is 1. The molecule has 0 aliphatic carbocycles. The molecule has 2 aromatic carbocycles. The van der Waals surface area contributed by atoms with Crippen molar-refractivity contribution in [2.75, 3.05) is 5.32 Å². The second-order valence-corrected chi connectivity index (χ2v) is 7.03. The maximum atomic E-state index is 12.2. The van der Waals surface area contributed by atoms with E-state index >= 15 is 0 Å². The maximum Gasteiger partial charge on any atom is 0.237 e. The molecular formula is C19H23NOS. The van der Waals surface area contributed by atoms with Crippen molar-refractivity contribution in [1.82, 2.24) is 0 Å². The third-order valence-electron chi connectivity index (χ3n) is 3.56. The standard InChI is InChI=1S/C19H23NOS/c1-14(2)17-9-11-18(12-10-17)20-19(21)15(3)22-13-16-7-5-4-6-8-16/h4-12,14-15H,13H2,1-3H3,(H,20,21). The van der Waals surface area contributed by atoms with Gasteiger partial charge in [0.15, 0.2) is 0 Å². The lowest BCUT2D eigenvalue weighted by molar-refractivity contribution is -0.115. The summed E-state index contributed by atoms with van der Waals surface area (Å²) in [5, 5.41) is 2.91. The van der Waals surface area contributed by atoms with Gasteiger partial charge in [-0.05, 0) is 36.1 Å². The summed E-state index contributed by atoms with van der Waals surface area (Å²) in [5.41, 5.74) is 3.39. The molecule has 0 aliphatic heterocycles. The first-order valence-electron chi connectivity index (χ1n) is 7.62. The predicted molar refractivity (Wildman–Crippen MR) is 96.4 cm³/mol. The molecule has 1 N–H and O–H groups in total. The van der Waals surface area contributed by atoms with E-state index in [2.05, 4.69) is 43.4 Å². The average molecular weight is 313 g/mol. The zero-order valence-corrected chi connectivity index (χ0v) is 14.2. The van der Waals surface area contributed by atoms with Crippen LogP contribution in [0.2, 0.25) is 0 Å². The molecule has 0 saturated heterocycles. The van der Waals surface area contributed by atoms with E-state index in [-0.39, 0.29) is 11.2 Å². The highest BCUT2D eigenvalue weighted by atomic mass is 32.2. The van der Waals surface area contributed by atoms with E-state index < -0.39 is 0 Å².